The second-order valence-electron chi connectivity index (χ2n) is 6.50. The molecule has 0 saturated carbocycles. The molecule has 150 valence electrons. The van der Waals surface area contributed by atoms with Gasteiger partial charge in [0.2, 0.25) is 0 Å². The van der Waals surface area contributed by atoms with E-state index in [4.69, 9.17) is 33.3 Å². The van der Waals surface area contributed by atoms with Crippen LogP contribution in [0.3, 0.4) is 0 Å². The van der Waals surface area contributed by atoms with Gasteiger partial charge >= 0.3 is 0 Å². The lowest BCUT2D eigenvalue weighted by Gasteiger charge is -2.26. The van der Waals surface area contributed by atoms with Crippen molar-refractivity contribution in [3.8, 4) is 11.5 Å². The standard InChI is InChI=1S/C23H23ClN2O2S/c1-27-21-11-9-17(10-12-21)15-26(16-18-5-3-6-19(24)13-18)23(29)25-20-7-4-8-22(14-20)28-2/h3-14H,15-16H2,1-2H3,(H,25,29). The molecule has 1 N–H and O–H groups in total. The van der Waals surface area contributed by atoms with E-state index < -0.39 is 0 Å². The van der Waals surface area contributed by atoms with Gasteiger partial charge in [0.25, 0.3) is 0 Å². The normalized spacial score (nSPS) is 10.3. The van der Waals surface area contributed by atoms with Gasteiger partial charge in [0.1, 0.15) is 11.5 Å². The number of methoxy groups -OCH3 is 2. The molecule has 0 aromatic heterocycles. The quantitative estimate of drug-likeness (QED) is 0.486. The van der Waals surface area contributed by atoms with E-state index in [9.17, 15) is 0 Å². The highest BCUT2D eigenvalue weighted by atomic mass is 35.5. The molecule has 3 aromatic rings. The fourth-order valence-electron chi connectivity index (χ4n) is 2.91. The van der Waals surface area contributed by atoms with Gasteiger partial charge in [0.05, 0.1) is 14.2 Å². The lowest BCUT2D eigenvalue weighted by molar-refractivity contribution is 0.407. The molecule has 0 aliphatic heterocycles. The third-order valence-corrected chi connectivity index (χ3v) is 5.00. The molecule has 3 aromatic carbocycles. The van der Waals surface area contributed by atoms with E-state index in [-0.39, 0.29) is 0 Å². The number of thiocarbonyl (C=S) groups is 1. The van der Waals surface area contributed by atoms with Gasteiger partial charge in [0, 0.05) is 29.9 Å². The van der Waals surface area contributed by atoms with Crippen LogP contribution < -0.4 is 14.8 Å². The number of benzene rings is 3. The van der Waals surface area contributed by atoms with Crippen molar-refractivity contribution in [3.63, 3.8) is 0 Å². The maximum absolute atomic E-state index is 6.17. The molecule has 0 heterocycles. The molecule has 0 unspecified atom stereocenters. The van der Waals surface area contributed by atoms with Crippen LogP contribution in [0.15, 0.2) is 72.8 Å². The first-order valence-corrected chi connectivity index (χ1v) is 9.93. The van der Waals surface area contributed by atoms with E-state index in [2.05, 4.69) is 10.2 Å². The van der Waals surface area contributed by atoms with E-state index in [0.29, 0.717) is 23.2 Å². The van der Waals surface area contributed by atoms with Crippen LogP contribution in [0.4, 0.5) is 5.69 Å². The summed E-state index contributed by atoms with van der Waals surface area (Å²) in [5.74, 6) is 1.60. The Balaban J connectivity index is 1.80. The molecule has 3 rings (SSSR count). The summed E-state index contributed by atoms with van der Waals surface area (Å²) in [7, 11) is 3.31. The summed E-state index contributed by atoms with van der Waals surface area (Å²) in [6.45, 7) is 1.27. The molecule has 0 amide bonds. The number of hydrogen-bond acceptors (Lipinski definition) is 3. The molecule has 0 aliphatic rings. The van der Waals surface area contributed by atoms with Crippen molar-refractivity contribution in [1.29, 1.82) is 0 Å². The first kappa shape index (κ1) is 21.0. The number of hydrogen-bond donors (Lipinski definition) is 1. The number of rotatable bonds is 7. The zero-order chi connectivity index (χ0) is 20.6. The Morgan fingerprint density at radius 2 is 1.55 bits per heavy atom. The van der Waals surface area contributed by atoms with Crippen LogP contribution in [-0.4, -0.2) is 24.2 Å². The molecule has 0 radical (unpaired) electrons. The van der Waals surface area contributed by atoms with Gasteiger partial charge in [-0.1, -0.05) is 41.9 Å². The van der Waals surface area contributed by atoms with Crippen LogP contribution in [0.5, 0.6) is 11.5 Å². The SMILES string of the molecule is COc1ccc(CN(Cc2cccc(Cl)c2)C(=S)Nc2cccc(OC)c2)cc1. The van der Waals surface area contributed by atoms with Gasteiger partial charge in [-0.15, -0.1) is 0 Å². The van der Waals surface area contributed by atoms with Crippen molar-refractivity contribution in [2.75, 3.05) is 19.5 Å². The Bertz CT molecular complexity index is 963. The topological polar surface area (TPSA) is 33.7 Å². The maximum Gasteiger partial charge on any atom is 0.174 e. The summed E-state index contributed by atoms with van der Waals surface area (Å²) < 4.78 is 10.6. The van der Waals surface area contributed by atoms with Crippen LogP contribution in [0, 0.1) is 0 Å². The van der Waals surface area contributed by atoms with Gasteiger partial charge in [-0.3, -0.25) is 0 Å². The number of nitrogens with one attached hydrogen (secondary N) is 1. The van der Waals surface area contributed by atoms with Crippen LogP contribution in [0.25, 0.3) is 0 Å². The molecule has 0 spiro atoms. The fraction of sp³-hybridized carbons (Fsp3) is 0.174. The Morgan fingerprint density at radius 3 is 2.24 bits per heavy atom. The summed E-state index contributed by atoms with van der Waals surface area (Å²) in [6.07, 6.45) is 0. The van der Waals surface area contributed by atoms with Gasteiger partial charge in [-0.2, -0.15) is 0 Å². The molecule has 0 atom stereocenters. The number of nitrogens with zero attached hydrogens (tertiary/aromatic N) is 1. The molecule has 0 saturated heterocycles. The van der Waals surface area contributed by atoms with Crippen LogP contribution in [0.1, 0.15) is 11.1 Å². The van der Waals surface area contributed by atoms with E-state index in [1.54, 1.807) is 14.2 Å². The van der Waals surface area contributed by atoms with Crippen LogP contribution >= 0.6 is 23.8 Å². The Kier molecular flexibility index (Phi) is 7.33. The van der Waals surface area contributed by atoms with Crippen molar-refractivity contribution in [2.24, 2.45) is 0 Å². The fourth-order valence-corrected chi connectivity index (χ4v) is 3.37. The molecule has 0 fully saturated rings. The summed E-state index contributed by atoms with van der Waals surface area (Å²) in [6, 6.07) is 23.5. The summed E-state index contributed by atoms with van der Waals surface area (Å²) >= 11 is 11.9. The number of ether oxygens (including phenoxy) is 2. The smallest absolute Gasteiger partial charge is 0.174 e. The average Bonchev–Trinajstić information content (AvgIpc) is 2.74. The van der Waals surface area contributed by atoms with Crippen molar-refractivity contribution < 1.29 is 9.47 Å². The number of halogens is 1. The average molecular weight is 427 g/mol. The third-order valence-electron chi connectivity index (χ3n) is 4.40. The predicted molar refractivity (Wildman–Crippen MR) is 123 cm³/mol. The second-order valence-corrected chi connectivity index (χ2v) is 7.32. The molecule has 6 heteroatoms. The van der Waals surface area contributed by atoms with E-state index in [0.717, 1.165) is 28.3 Å². The van der Waals surface area contributed by atoms with Crippen molar-refractivity contribution >= 4 is 34.6 Å². The van der Waals surface area contributed by atoms with Gasteiger partial charge in [-0.05, 0) is 59.7 Å². The molecule has 29 heavy (non-hydrogen) atoms. The van der Waals surface area contributed by atoms with Crippen LogP contribution in [0.2, 0.25) is 5.02 Å². The van der Waals surface area contributed by atoms with Crippen molar-refractivity contribution in [2.45, 2.75) is 13.1 Å². The van der Waals surface area contributed by atoms with Crippen molar-refractivity contribution in [3.05, 3.63) is 88.9 Å². The van der Waals surface area contributed by atoms with Gasteiger partial charge in [-0.25, -0.2) is 0 Å². The monoisotopic (exact) mass is 426 g/mol. The number of anilines is 1. The zero-order valence-corrected chi connectivity index (χ0v) is 18.0. The van der Waals surface area contributed by atoms with Crippen molar-refractivity contribution in [1.82, 2.24) is 4.90 Å². The Labute approximate surface area is 182 Å². The molecular weight excluding hydrogens is 404 g/mol. The highest BCUT2D eigenvalue weighted by Gasteiger charge is 2.13. The predicted octanol–water partition coefficient (Wildman–Crippen LogP) is 5.76. The Morgan fingerprint density at radius 1 is 0.862 bits per heavy atom. The minimum atomic E-state index is 0.619. The third kappa shape index (κ3) is 6.11. The minimum absolute atomic E-state index is 0.619. The largest absolute Gasteiger partial charge is 0.497 e. The molecule has 4 nitrogen and oxygen atoms in total. The zero-order valence-electron chi connectivity index (χ0n) is 16.4. The summed E-state index contributed by atoms with van der Waals surface area (Å²) in [5.41, 5.74) is 3.09. The summed E-state index contributed by atoms with van der Waals surface area (Å²) in [4.78, 5) is 2.10. The lowest BCUT2D eigenvalue weighted by Crippen LogP contribution is -2.33. The van der Waals surface area contributed by atoms with Crippen LogP contribution in [-0.2, 0) is 13.1 Å². The highest BCUT2D eigenvalue weighted by molar-refractivity contribution is 7.80. The maximum atomic E-state index is 6.17. The first-order chi connectivity index (χ1) is 14.1. The molecule has 0 aliphatic carbocycles. The first-order valence-electron chi connectivity index (χ1n) is 9.15. The van der Waals surface area contributed by atoms with E-state index in [1.807, 2.05) is 72.8 Å². The van der Waals surface area contributed by atoms with Gasteiger partial charge < -0.3 is 19.7 Å². The molecule has 0 bridgehead atoms. The van der Waals surface area contributed by atoms with E-state index >= 15 is 0 Å². The summed E-state index contributed by atoms with van der Waals surface area (Å²) in [5, 5.41) is 4.64. The lowest BCUT2D eigenvalue weighted by atomic mass is 10.1. The second kappa shape index (κ2) is 10.1. The minimum Gasteiger partial charge on any atom is -0.497 e. The molecular formula is C23H23ClN2O2S. The highest BCUT2D eigenvalue weighted by Crippen LogP contribution is 2.20. The van der Waals surface area contributed by atoms with Gasteiger partial charge in [0.15, 0.2) is 5.11 Å². The Hall–Kier alpha value is -2.76. The van der Waals surface area contributed by atoms with E-state index in [1.165, 1.54) is 0 Å².